The highest BCUT2D eigenvalue weighted by molar-refractivity contribution is 9.10. The molecule has 1 aromatic rings. The molecular weight excluding hydrogens is 304 g/mol. The summed E-state index contributed by atoms with van der Waals surface area (Å²) < 4.78 is 5.03. The molecule has 6 heteroatoms. The van der Waals surface area contributed by atoms with Crippen LogP contribution in [0.1, 0.15) is 23.7 Å². The van der Waals surface area contributed by atoms with Crippen molar-refractivity contribution in [2.75, 3.05) is 7.11 Å². The molecule has 0 bridgehead atoms. The lowest BCUT2D eigenvalue weighted by Gasteiger charge is -2.10. The average Bonchev–Trinajstić information content (AvgIpc) is 2.35. The number of halogens is 1. The first-order valence-corrected chi connectivity index (χ1v) is 6.01. The summed E-state index contributed by atoms with van der Waals surface area (Å²) in [5.41, 5.74) is 1.14. The van der Waals surface area contributed by atoms with Gasteiger partial charge in [-0.25, -0.2) is 4.79 Å². The molecule has 0 amide bonds. The minimum Gasteiger partial charge on any atom is -0.479 e. The lowest BCUT2D eigenvalue weighted by atomic mass is 10.0. The topological polar surface area (TPSA) is 83.8 Å². The zero-order chi connectivity index (χ0) is 13.7. The molecular formula is C12H13BrO5. The third kappa shape index (κ3) is 3.82. The first-order valence-electron chi connectivity index (χ1n) is 5.21. The van der Waals surface area contributed by atoms with Gasteiger partial charge >= 0.3 is 11.9 Å². The Morgan fingerprint density at radius 2 is 2.11 bits per heavy atom. The van der Waals surface area contributed by atoms with Gasteiger partial charge in [-0.2, -0.15) is 0 Å². The smallest absolute Gasteiger partial charge is 0.337 e. The van der Waals surface area contributed by atoms with Crippen LogP contribution in [0, 0.1) is 0 Å². The number of hydrogen-bond donors (Lipinski definition) is 2. The Bertz CT molecular complexity index is 458. The number of aliphatic carboxylic acids is 1. The molecule has 1 aromatic carbocycles. The van der Waals surface area contributed by atoms with Gasteiger partial charge in [0.2, 0.25) is 0 Å². The summed E-state index contributed by atoms with van der Waals surface area (Å²) in [6, 6.07) is 4.88. The molecule has 1 atom stereocenters. The molecule has 0 fully saturated rings. The second kappa shape index (κ2) is 6.51. The Hall–Kier alpha value is -1.40. The molecule has 0 aliphatic rings. The maximum atomic E-state index is 11.0. The standard InChI is InChI=1S/C12H13BrO5/c1-18-10(14)5-3-7-2-4-8(9(13)6-7)11(15)12(16)17/h2,4,6,11,15H,3,5H2,1H3,(H,16,17). The molecule has 0 saturated carbocycles. The van der Waals surface area contributed by atoms with Crippen LogP contribution < -0.4 is 0 Å². The summed E-state index contributed by atoms with van der Waals surface area (Å²) >= 11 is 3.20. The van der Waals surface area contributed by atoms with Crippen LogP contribution in [-0.4, -0.2) is 29.3 Å². The Balaban J connectivity index is 2.79. The van der Waals surface area contributed by atoms with Gasteiger partial charge in [0.1, 0.15) is 0 Å². The van der Waals surface area contributed by atoms with Crippen molar-refractivity contribution in [1.29, 1.82) is 0 Å². The van der Waals surface area contributed by atoms with Crippen molar-refractivity contribution >= 4 is 27.9 Å². The number of carboxylic acid groups (broad SMARTS) is 1. The fourth-order valence-corrected chi connectivity index (χ4v) is 2.07. The highest BCUT2D eigenvalue weighted by atomic mass is 79.9. The number of rotatable bonds is 5. The number of aryl methyl sites for hydroxylation is 1. The molecule has 0 saturated heterocycles. The number of carbonyl (C=O) groups excluding carboxylic acids is 1. The Morgan fingerprint density at radius 3 is 2.61 bits per heavy atom. The van der Waals surface area contributed by atoms with E-state index in [1.54, 1.807) is 12.1 Å². The number of ether oxygens (including phenoxy) is 1. The van der Waals surface area contributed by atoms with Crippen LogP contribution in [0.25, 0.3) is 0 Å². The number of methoxy groups -OCH3 is 1. The summed E-state index contributed by atoms with van der Waals surface area (Å²) in [6.07, 6.45) is -0.813. The number of hydrogen-bond acceptors (Lipinski definition) is 4. The number of carboxylic acids is 1. The first kappa shape index (κ1) is 14.7. The van der Waals surface area contributed by atoms with Crippen LogP contribution in [0.3, 0.4) is 0 Å². The lowest BCUT2D eigenvalue weighted by molar-refractivity contribution is -0.147. The summed E-state index contributed by atoms with van der Waals surface area (Å²) in [5.74, 6) is -1.61. The number of aliphatic hydroxyl groups is 1. The van der Waals surface area contributed by atoms with Crippen LogP contribution in [-0.2, 0) is 20.7 Å². The maximum Gasteiger partial charge on any atom is 0.337 e. The summed E-state index contributed by atoms with van der Waals surface area (Å²) in [6.45, 7) is 0. The van der Waals surface area contributed by atoms with E-state index in [2.05, 4.69) is 20.7 Å². The van der Waals surface area contributed by atoms with Crippen molar-refractivity contribution in [3.8, 4) is 0 Å². The van der Waals surface area contributed by atoms with Gasteiger partial charge in [-0.3, -0.25) is 4.79 Å². The molecule has 0 radical (unpaired) electrons. The second-order valence-corrected chi connectivity index (χ2v) is 4.53. The van der Waals surface area contributed by atoms with E-state index in [0.29, 0.717) is 10.9 Å². The third-order valence-corrected chi connectivity index (χ3v) is 3.13. The highest BCUT2D eigenvalue weighted by Gasteiger charge is 2.18. The van der Waals surface area contributed by atoms with Crippen molar-refractivity contribution < 1.29 is 24.5 Å². The van der Waals surface area contributed by atoms with Gasteiger partial charge in [0.05, 0.1) is 7.11 Å². The normalized spacial score (nSPS) is 11.9. The zero-order valence-corrected chi connectivity index (χ0v) is 11.3. The van der Waals surface area contributed by atoms with Gasteiger partial charge in [-0.1, -0.05) is 28.1 Å². The fraction of sp³-hybridized carbons (Fsp3) is 0.333. The lowest BCUT2D eigenvalue weighted by Crippen LogP contribution is -2.11. The van der Waals surface area contributed by atoms with Gasteiger partial charge in [0, 0.05) is 16.5 Å². The number of esters is 1. The summed E-state index contributed by atoms with van der Waals surface area (Å²) in [7, 11) is 1.32. The predicted octanol–water partition coefficient (Wildman–Crippen LogP) is 1.67. The third-order valence-electron chi connectivity index (χ3n) is 2.44. The van der Waals surface area contributed by atoms with E-state index in [9.17, 15) is 14.7 Å². The maximum absolute atomic E-state index is 11.0. The number of carbonyl (C=O) groups is 2. The molecule has 0 spiro atoms. The Kier molecular flexibility index (Phi) is 5.30. The van der Waals surface area contributed by atoms with E-state index in [4.69, 9.17) is 5.11 Å². The molecule has 0 aromatic heterocycles. The van der Waals surface area contributed by atoms with Crippen molar-refractivity contribution in [2.45, 2.75) is 18.9 Å². The predicted molar refractivity (Wildman–Crippen MR) is 67.1 cm³/mol. The summed E-state index contributed by atoms with van der Waals surface area (Å²) in [4.78, 5) is 21.6. The van der Waals surface area contributed by atoms with Gasteiger partial charge < -0.3 is 14.9 Å². The van der Waals surface area contributed by atoms with Crippen LogP contribution in [0.4, 0.5) is 0 Å². The van der Waals surface area contributed by atoms with Crippen LogP contribution in [0.5, 0.6) is 0 Å². The van der Waals surface area contributed by atoms with Crippen LogP contribution in [0.2, 0.25) is 0 Å². The second-order valence-electron chi connectivity index (χ2n) is 3.67. The molecule has 5 nitrogen and oxygen atoms in total. The van der Waals surface area contributed by atoms with E-state index in [1.165, 1.54) is 13.2 Å². The minimum atomic E-state index is -1.56. The fourth-order valence-electron chi connectivity index (χ4n) is 1.43. The van der Waals surface area contributed by atoms with E-state index >= 15 is 0 Å². The molecule has 0 aliphatic carbocycles. The molecule has 0 heterocycles. The quantitative estimate of drug-likeness (QED) is 0.807. The number of benzene rings is 1. The minimum absolute atomic E-state index is 0.254. The average molecular weight is 317 g/mol. The van der Waals surface area contributed by atoms with E-state index in [-0.39, 0.29) is 18.0 Å². The van der Waals surface area contributed by atoms with E-state index < -0.39 is 12.1 Å². The van der Waals surface area contributed by atoms with Crippen molar-refractivity contribution in [3.05, 3.63) is 33.8 Å². The van der Waals surface area contributed by atoms with E-state index in [0.717, 1.165) is 5.56 Å². The molecule has 1 unspecified atom stereocenters. The first-order chi connectivity index (χ1) is 8.45. The van der Waals surface area contributed by atoms with Crippen molar-refractivity contribution in [1.82, 2.24) is 0 Å². The zero-order valence-electron chi connectivity index (χ0n) is 9.72. The molecule has 1 rings (SSSR count). The van der Waals surface area contributed by atoms with Gasteiger partial charge in [0.25, 0.3) is 0 Å². The van der Waals surface area contributed by atoms with Gasteiger partial charge in [-0.05, 0) is 18.1 Å². The highest BCUT2D eigenvalue weighted by Crippen LogP contribution is 2.25. The monoisotopic (exact) mass is 316 g/mol. The number of aliphatic hydroxyl groups excluding tert-OH is 1. The van der Waals surface area contributed by atoms with Crippen LogP contribution >= 0.6 is 15.9 Å². The van der Waals surface area contributed by atoms with Crippen molar-refractivity contribution in [2.24, 2.45) is 0 Å². The SMILES string of the molecule is COC(=O)CCc1ccc(C(O)C(=O)O)c(Br)c1. The van der Waals surface area contributed by atoms with Gasteiger partial charge in [-0.15, -0.1) is 0 Å². The largest absolute Gasteiger partial charge is 0.479 e. The molecule has 0 aliphatic heterocycles. The van der Waals surface area contributed by atoms with Gasteiger partial charge in [0.15, 0.2) is 6.10 Å². The molecule has 98 valence electrons. The van der Waals surface area contributed by atoms with Crippen molar-refractivity contribution in [3.63, 3.8) is 0 Å². The van der Waals surface area contributed by atoms with E-state index in [1.807, 2.05) is 0 Å². The Morgan fingerprint density at radius 1 is 1.44 bits per heavy atom. The van der Waals surface area contributed by atoms with Crippen LogP contribution in [0.15, 0.2) is 22.7 Å². The molecule has 2 N–H and O–H groups in total. The summed E-state index contributed by atoms with van der Waals surface area (Å²) in [5, 5.41) is 18.1. The Labute approximate surface area is 113 Å². The molecule has 18 heavy (non-hydrogen) atoms.